The summed E-state index contributed by atoms with van der Waals surface area (Å²) >= 11 is 0. The second-order valence-corrected chi connectivity index (χ2v) is 5.62. The molecule has 0 aromatic carbocycles. The lowest BCUT2D eigenvalue weighted by molar-refractivity contribution is -0.141. The Morgan fingerprint density at radius 2 is 2.19 bits per heavy atom. The lowest BCUT2D eigenvalue weighted by atomic mass is 10.2. The van der Waals surface area contributed by atoms with E-state index in [2.05, 4.69) is 20.3 Å². The van der Waals surface area contributed by atoms with Crippen molar-refractivity contribution in [1.29, 1.82) is 0 Å². The molecule has 0 radical (unpaired) electrons. The van der Waals surface area contributed by atoms with Gasteiger partial charge in [-0.25, -0.2) is 9.97 Å². The van der Waals surface area contributed by atoms with E-state index in [1.165, 1.54) is 4.90 Å². The largest absolute Gasteiger partial charge is 0.433 e. The molecule has 1 aliphatic heterocycles. The first-order valence-corrected chi connectivity index (χ1v) is 7.87. The van der Waals surface area contributed by atoms with E-state index >= 15 is 0 Å². The fourth-order valence-electron chi connectivity index (χ4n) is 2.45. The molecule has 1 fully saturated rings. The first kappa shape index (κ1) is 18.1. The molecule has 2 aromatic rings. The Morgan fingerprint density at radius 3 is 2.92 bits per heavy atom. The van der Waals surface area contributed by atoms with Crippen molar-refractivity contribution in [2.45, 2.75) is 18.8 Å². The maximum absolute atomic E-state index is 12.8. The quantitative estimate of drug-likeness (QED) is 0.880. The molecule has 1 N–H and O–H groups in total. The third-order valence-electron chi connectivity index (χ3n) is 3.76. The molecule has 3 heterocycles. The molecule has 10 heteroatoms. The molecule has 0 saturated carbocycles. The average molecular weight is 367 g/mol. The standard InChI is InChI=1S/C16H16F3N5O2/c17-16(18,19)13-3-5-21-15(23-13)24-6-7-26-12(10-24)14(25)22-9-11-2-1-4-20-8-11/h1-5,8,12H,6-7,9-10H2,(H,22,25)/t12-/m1/s1. The van der Waals surface area contributed by atoms with Gasteiger partial charge in [0.05, 0.1) is 13.2 Å². The molecule has 1 atom stereocenters. The van der Waals surface area contributed by atoms with Crippen molar-refractivity contribution >= 4 is 11.9 Å². The molecule has 26 heavy (non-hydrogen) atoms. The number of hydrogen-bond donors (Lipinski definition) is 1. The van der Waals surface area contributed by atoms with E-state index in [0.29, 0.717) is 6.54 Å². The Kier molecular flexibility index (Phi) is 5.31. The minimum atomic E-state index is -4.55. The van der Waals surface area contributed by atoms with Crippen molar-refractivity contribution in [2.75, 3.05) is 24.6 Å². The second kappa shape index (κ2) is 7.65. The first-order chi connectivity index (χ1) is 12.4. The highest BCUT2D eigenvalue weighted by Crippen LogP contribution is 2.28. The summed E-state index contributed by atoms with van der Waals surface area (Å²) in [6.45, 7) is 0.838. The number of carbonyl (C=O) groups excluding carboxylic acids is 1. The smallest absolute Gasteiger partial charge is 0.365 e. The second-order valence-electron chi connectivity index (χ2n) is 5.62. The van der Waals surface area contributed by atoms with Crippen LogP contribution in [0.1, 0.15) is 11.3 Å². The highest BCUT2D eigenvalue weighted by Gasteiger charge is 2.34. The Bertz CT molecular complexity index is 757. The highest BCUT2D eigenvalue weighted by molar-refractivity contribution is 5.81. The molecule has 1 amide bonds. The molecule has 1 aliphatic rings. The van der Waals surface area contributed by atoms with Crippen LogP contribution in [-0.2, 0) is 22.3 Å². The molecule has 0 bridgehead atoms. The number of carbonyl (C=O) groups is 1. The van der Waals surface area contributed by atoms with Gasteiger partial charge in [-0.1, -0.05) is 6.07 Å². The molecule has 0 spiro atoms. The van der Waals surface area contributed by atoms with Crippen LogP contribution in [0.2, 0.25) is 0 Å². The molecule has 3 rings (SSSR count). The van der Waals surface area contributed by atoms with Crippen LogP contribution in [0.5, 0.6) is 0 Å². The van der Waals surface area contributed by atoms with Gasteiger partial charge < -0.3 is 15.0 Å². The average Bonchev–Trinajstić information content (AvgIpc) is 2.66. The van der Waals surface area contributed by atoms with Gasteiger partial charge >= 0.3 is 6.18 Å². The predicted molar refractivity (Wildman–Crippen MR) is 85.1 cm³/mol. The van der Waals surface area contributed by atoms with E-state index in [1.807, 2.05) is 6.07 Å². The fraction of sp³-hybridized carbons (Fsp3) is 0.375. The van der Waals surface area contributed by atoms with Crippen LogP contribution in [0.15, 0.2) is 36.8 Å². The number of nitrogens with zero attached hydrogens (tertiary/aromatic N) is 4. The molecule has 138 valence electrons. The maximum Gasteiger partial charge on any atom is 0.433 e. The topological polar surface area (TPSA) is 80.2 Å². The van der Waals surface area contributed by atoms with Gasteiger partial charge in [0.15, 0.2) is 6.10 Å². The van der Waals surface area contributed by atoms with E-state index in [1.54, 1.807) is 18.5 Å². The number of rotatable bonds is 4. The van der Waals surface area contributed by atoms with Crippen molar-refractivity contribution in [2.24, 2.45) is 0 Å². The summed E-state index contributed by atoms with van der Waals surface area (Å²) in [6.07, 6.45) is -1.06. The number of anilines is 1. The van der Waals surface area contributed by atoms with Gasteiger partial charge in [0, 0.05) is 31.7 Å². The zero-order chi connectivity index (χ0) is 18.6. The van der Waals surface area contributed by atoms with Crippen LogP contribution in [-0.4, -0.2) is 46.7 Å². The van der Waals surface area contributed by atoms with E-state index < -0.39 is 18.0 Å². The van der Waals surface area contributed by atoms with Gasteiger partial charge in [-0.15, -0.1) is 0 Å². The zero-order valence-corrected chi connectivity index (χ0v) is 13.6. The van der Waals surface area contributed by atoms with Crippen LogP contribution < -0.4 is 10.2 Å². The normalized spacial score (nSPS) is 17.8. The van der Waals surface area contributed by atoms with Crippen LogP contribution >= 0.6 is 0 Å². The predicted octanol–water partition coefficient (Wildman–Crippen LogP) is 1.41. The van der Waals surface area contributed by atoms with Crippen LogP contribution in [0.25, 0.3) is 0 Å². The van der Waals surface area contributed by atoms with E-state index in [0.717, 1.165) is 17.8 Å². The summed E-state index contributed by atoms with van der Waals surface area (Å²) in [5.41, 5.74) is -0.193. The minimum absolute atomic E-state index is 0.0696. The molecular formula is C16H16F3N5O2. The van der Waals surface area contributed by atoms with Gasteiger partial charge in [-0.05, 0) is 17.7 Å². The van der Waals surface area contributed by atoms with E-state index in [-0.39, 0.29) is 31.6 Å². The van der Waals surface area contributed by atoms with Crippen molar-refractivity contribution in [3.63, 3.8) is 0 Å². The lowest BCUT2D eigenvalue weighted by Gasteiger charge is -2.32. The molecule has 0 unspecified atom stereocenters. The number of pyridine rings is 1. The van der Waals surface area contributed by atoms with Gasteiger partial charge in [0.1, 0.15) is 5.69 Å². The third-order valence-corrected chi connectivity index (χ3v) is 3.76. The number of hydrogen-bond acceptors (Lipinski definition) is 6. The monoisotopic (exact) mass is 367 g/mol. The Balaban J connectivity index is 1.63. The van der Waals surface area contributed by atoms with Gasteiger partial charge in [-0.2, -0.15) is 13.2 Å². The number of aromatic nitrogens is 3. The Hall–Kier alpha value is -2.75. The Labute approximate surface area is 147 Å². The van der Waals surface area contributed by atoms with Crippen molar-refractivity contribution in [3.05, 3.63) is 48.0 Å². The third kappa shape index (κ3) is 4.45. The summed E-state index contributed by atoms with van der Waals surface area (Å²) in [5, 5.41) is 2.72. The van der Waals surface area contributed by atoms with E-state index in [4.69, 9.17) is 4.74 Å². The van der Waals surface area contributed by atoms with Crippen molar-refractivity contribution in [3.8, 4) is 0 Å². The number of alkyl halides is 3. The van der Waals surface area contributed by atoms with Crippen LogP contribution in [0.3, 0.4) is 0 Å². The summed E-state index contributed by atoms with van der Waals surface area (Å²) in [5.74, 6) is -0.432. The SMILES string of the molecule is O=C(NCc1cccnc1)[C@H]1CN(c2nccc(C(F)(F)F)n2)CCO1. The Morgan fingerprint density at radius 1 is 1.35 bits per heavy atom. The lowest BCUT2D eigenvalue weighted by Crippen LogP contribution is -2.50. The fourth-order valence-corrected chi connectivity index (χ4v) is 2.45. The minimum Gasteiger partial charge on any atom is -0.365 e. The van der Waals surface area contributed by atoms with Gasteiger partial charge in [-0.3, -0.25) is 9.78 Å². The molecule has 0 aliphatic carbocycles. The molecule has 7 nitrogen and oxygen atoms in total. The van der Waals surface area contributed by atoms with Crippen molar-refractivity contribution in [1.82, 2.24) is 20.3 Å². The highest BCUT2D eigenvalue weighted by atomic mass is 19.4. The first-order valence-electron chi connectivity index (χ1n) is 7.87. The zero-order valence-electron chi connectivity index (χ0n) is 13.6. The maximum atomic E-state index is 12.8. The van der Waals surface area contributed by atoms with Gasteiger partial charge in [0.25, 0.3) is 5.91 Å². The summed E-state index contributed by atoms with van der Waals surface area (Å²) < 4.78 is 43.8. The number of halogens is 3. The molecule has 1 saturated heterocycles. The number of morpholine rings is 1. The van der Waals surface area contributed by atoms with E-state index in [9.17, 15) is 18.0 Å². The van der Waals surface area contributed by atoms with Crippen LogP contribution in [0, 0.1) is 0 Å². The summed E-state index contributed by atoms with van der Waals surface area (Å²) in [7, 11) is 0. The summed E-state index contributed by atoms with van der Waals surface area (Å²) in [4.78, 5) is 25.2. The summed E-state index contributed by atoms with van der Waals surface area (Å²) in [6, 6.07) is 4.38. The molecular weight excluding hydrogens is 351 g/mol. The number of ether oxygens (including phenoxy) is 1. The van der Waals surface area contributed by atoms with Crippen molar-refractivity contribution < 1.29 is 22.7 Å². The number of amides is 1. The number of nitrogens with one attached hydrogen (secondary N) is 1. The molecule has 2 aromatic heterocycles. The van der Waals surface area contributed by atoms with Gasteiger partial charge in [0.2, 0.25) is 5.95 Å². The van der Waals surface area contributed by atoms with Crippen LogP contribution in [0.4, 0.5) is 19.1 Å².